The van der Waals surface area contributed by atoms with E-state index < -0.39 is 11.6 Å². The fourth-order valence-corrected chi connectivity index (χ4v) is 1.65. The summed E-state index contributed by atoms with van der Waals surface area (Å²) in [6.07, 6.45) is 0.870. The van der Waals surface area contributed by atoms with Crippen LogP contribution in [-0.4, -0.2) is 36.9 Å². The topological polar surface area (TPSA) is 43.4 Å². The van der Waals surface area contributed by atoms with Gasteiger partial charge in [-0.3, -0.25) is 0 Å². The van der Waals surface area contributed by atoms with E-state index in [0.29, 0.717) is 6.54 Å². The lowest BCUT2D eigenvalue weighted by atomic mass is 10.2. The smallest absolute Gasteiger partial charge is 0.250 e. The van der Waals surface area contributed by atoms with Gasteiger partial charge in [-0.15, -0.1) is 0 Å². The van der Waals surface area contributed by atoms with Gasteiger partial charge in [-0.25, -0.2) is 13.8 Å². The van der Waals surface area contributed by atoms with Crippen LogP contribution in [0.4, 0.5) is 8.78 Å². The molecule has 0 spiro atoms. The van der Waals surface area contributed by atoms with Gasteiger partial charge in [0, 0.05) is 19.2 Å². The van der Waals surface area contributed by atoms with E-state index in [0.717, 1.165) is 18.8 Å². The summed E-state index contributed by atoms with van der Waals surface area (Å²) in [5.41, 5.74) is 0. The van der Waals surface area contributed by atoms with E-state index in [1.165, 1.54) is 0 Å². The first-order valence-electron chi connectivity index (χ1n) is 5.45. The Hall–Kier alpha value is -1.27. The SMILES string of the molecule is CC1CNCC(COc2ncc(F)cc2F)O1. The molecule has 6 heteroatoms. The Labute approximate surface area is 97.9 Å². The van der Waals surface area contributed by atoms with Crippen molar-refractivity contribution in [3.63, 3.8) is 0 Å². The van der Waals surface area contributed by atoms with Crippen LogP contribution in [0.25, 0.3) is 0 Å². The fraction of sp³-hybridized carbons (Fsp3) is 0.545. The third-order valence-corrected chi connectivity index (χ3v) is 2.41. The van der Waals surface area contributed by atoms with E-state index in [2.05, 4.69) is 10.3 Å². The summed E-state index contributed by atoms with van der Waals surface area (Å²) in [5, 5.41) is 3.17. The van der Waals surface area contributed by atoms with Gasteiger partial charge >= 0.3 is 0 Å². The number of hydrogen-bond acceptors (Lipinski definition) is 4. The molecule has 2 unspecified atom stereocenters. The van der Waals surface area contributed by atoms with Crippen molar-refractivity contribution >= 4 is 0 Å². The molecule has 1 fully saturated rings. The van der Waals surface area contributed by atoms with Crippen molar-refractivity contribution in [1.29, 1.82) is 0 Å². The van der Waals surface area contributed by atoms with Gasteiger partial charge in [-0.2, -0.15) is 0 Å². The number of nitrogens with zero attached hydrogens (tertiary/aromatic N) is 1. The van der Waals surface area contributed by atoms with Crippen molar-refractivity contribution in [2.24, 2.45) is 0 Å². The minimum Gasteiger partial charge on any atom is -0.473 e. The monoisotopic (exact) mass is 244 g/mol. The first-order valence-corrected chi connectivity index (χ1v) is 5.45. The third kappa shape index (κ3) is 3.34. The quantitative estimate of drug-likeness (QED) is 0.865. The number of morpholine rings is 1. The molecule has 1 aromatic heterocycles. The van der Waals surface area contributed by atoms with Crippen LogP contribution in [0, 0.1) is 11.6 Å². The summed E-state index contributed by atoms with van der Waals surface area (Å²) in [6.45, 7) is 3.57. The zero-order chi connectivity index (χ0) is 12.3. The Kier molecular flexibility index (Phi) is 3.86. The third-order valence-electron chi connectivity index (χ3n) is 2.41. The van der Waals surface area contributed by atoms with Gasteiger partial charge < -0.3 is 14.8 Å². The molecule has 1 saturated heterocycles. The molecule has 0 bridgehead atoms. The van der Waals surface area contributed by atoms with Crippen LogP contribution in [0.15, 0.2) is 12.3 Å². The molecule has 0 radical (unpaired) electrons. The van der Waals surface area contributed by atoms with Crippen molar-refractivity contribution in [2.45, 2.75) is 19.1 Å². The summed E-state index contributed by atoms with van der Waals surface area (Å²) in [6, 6.07) is 0.741. The van der Waals surface area contributed by atoms with E-state index in [4.69, 9.17) is 9.47 Å². The Morgan fingerprint density at radius 3 is 3.06 bits per heavy atom. The van der Waals surface area contributed by atoms with Crippen LogP contribution < -0.4 is 10.1 Å². The van der Waals surface area contributed by atoms with Crippen molar-refractivity contribution in [3.8, 4) is 5.88 Å². The van der Waals surface area contributed by atoms with Gasteiger partial charge in [0.2, 0.25) is 0 Å². The largest absolute Gasteiger partial charge is 0.473 e. The highest BCUT2D eigenvalue weighted by Gasteiger charge is 2.20. The second kappa shape index (κ2) is 5.37. The number of halogens is 2. The van der Waals surface area contributed by atoms with E-state index in [-0.39, 0.29) is 24.7 Å². The Bertz CT molecular complexity index is 390. The van der Waals surface area contributed by atoms with Crippen molar-refractivity contribution in [2.75, 3.05) is 19.7 Å². The van der Waals surface area contributed by atoms with E-state index in [9.17, 15) is 8.78 Å². The van der Waals surface area contributed by atoms with Gasteiger partial charge in [0.15, 0.2) is 5.82 Å². The highest BCUT2D eigenvalue weighted by atomic mass is 19.1. The van der Waals surface area contributed by atoms with Crippen molar-refractivity contribution in [3.05, 3.63) is 23.9 Å². The number of nitrogens with one attached hydrogen (secondary N) is 1. The molecule has 0 saturated carbocycles. The Morgan fingerprint density at radius 2 is 2.35 bits per heavy atom. The second-order valence-corrected chi connectivity index (χ2v) is 3.98. The lowest BCUT2D eigenvalue weighted by molar-refractivity contribution is -0.0481. The maximum atomic E-state index is 13.2. The highest BCUT2D eigenvalue weighted by Crippen LogP contribution is 2.14. The van der Waals surface area contributed by atoms with Crippen LogP contribution in [0.3, 0.4) is 0 Å². The van der Waals surface area contributed by atoms with Crippen LogP contribution >= 0.6 is 0 Å². The average Bonchev–Trinajstić information content (AvgIpc) is 2.28. The minimum absolute atomic E-state index is 0.100. The Balaban J connectivity index is 1.88. The van der Waals surface area contributed by atoms with E-state index in [1.54, 1.807) is 0 Å². The molecule has 94 valence electrons. The number of aromatic nitrogens is 1. The van der Waals surface area contributed by atoms with Crippen LogP contribution in [0.5, 0.6) is 5.88 Å². The number of pyridine rings is 1. The molecule has 2 atom stereocenters. The lowest BCUT2D eigenvalue weighted by Gasteiger charge is -2.28. The molecule has 1 aromatic rings. The molecule has 2 rings (SSSR count). The lowest BCUT2D eigenvalue weighted by Crippen LogP contribution is -2.45. The Morgan fingerprint density at radius 1 is 1.53 bits per heavy atom. The molecule has 4 nitrogen and oxygen atoms in total. The zero-order valence-corrected chi connectivity index (χ0v) is 9.45. The van der Waals surface area contributed by atoms with Crippen LogP contribution in [0.1, 0.15) is 6.92 Å². The second-order valence-electron chi connectivity index (χ2n) is 3.98. The van der Waals surface area contributed by atoms with Gasteiger partial charge in [0.25, 0.3) is 5.88 Å². The number of rotatable bonds is 3. The summed E-state index contributed by atoms with van der Waals surface area (Å²) in [4.78, 5) is 3.53. The number of hydrogen-bond donors (Lipinski definition) is 1. The molecule has 1 aliphatic heterocycles. The van der Waals surface area contributed by atoms with Gasteiger partial charge in [0.05, 0.1) is 12.3 Å². The molecule has 0 aliphatic carbocycles. The predicted molar refractivity (Wildman–Crippen MR) is 56.9 cm³/mol. The van der Waals surface area contributed by atoms with Crippen LogP contribution in [-0.2, 0) is 4.74 Å². The highest BCUT2D eigenvalue weighted by molar-refractivity contribution is 5.14. The first kappa shape index (κ1) is 12.2. The van der Waals surface area contributed by atoms with Crippen molar-refractivity contribution in [1.82, 2.24) is 10.3 Å². The molecular weight excluding hydrogens is 230 g/mol. The number of ether oxygens (including phenoxy) is 2. The standard InChI is InChI=1S/C11H14F2N2O2/c1-7-3-14-5-9(17-7)6-16-11-10(13)2-8(12)4-15-11/h2,4,7,9,14H,3,5-6H2,1H3. The molecule has 1 aliphatic rings. The summed E-state index contributed by atoms with van der Waals surface area (Å²) < 4.78 is 36.5. The molecule has 2 heterocycles. The van der Waals surface area contributed by atoms with Crippen molar-refractivity contribution < 1.29 is 18.3 Å². The predicted octanol–water partition coefficient (Wildman–Crippen LogP) is 1.12. The fourth-order valence-electron chi connectivity index (χ4n) is 1.65. The summed E-state index contributed by atoms with van der Waals surface area (Å²) in [5.74, 6) is -1.73. The van der Waals surface area contributed by atoms with Gasteiger partial charge in [-0.1, -0.05) is 0 Å². The van der Waals surface area contributed by atoms with E-state index >= 15 is 0 Å². The molecule has 0 amide bonds. The minimum atomic E-state index is -0.804. The maximum absolute atomic E-state index is 13.2. The summed E-state index contributed by atoms with van der Waals surface area (Å²) >= 11 is 0. The summed E-state index contributed by atoms with van der Waals surface area (Å²) in [7, 11) is 0. The van der Waals surface area contributed by atoms with E-state index in [1.807, 2.05) is 6.92 Å². The molecule has 1 N–H and O–H groups in total. The normalized spacial score (nSPS) is 24.6. The van der Waals surface area contributed by atoms with Crippen LogP contribution in [0.2, 0.25) is 0 Å². The zero-order valence-electron chi connectivity index (χ0n) is 9.45. The average molecular weight is 244 g/mol. The van der Waals surface area contributed by atoms with Gasteiger partial charge in [0.1, 0.15) is 18.5 Å². The maximum Gasteiger partial charge on any atom is 0.250 e. The first-order chi connectivity index (χ1) is 8.15. The molecule has 0 aromatic carbocycles. The molecular formula is C11H14F2N2O2. The van der Waals surface area contributed by atoms with Gasteiger partial charge in [-0.05, 0) is 6.92 Å². The molecule has 17 heavy (non-hydrogen) atoms.